The van der Waals surface area contributed by atoms with Crippen molar-refractivity contribution in [2.24, 2.45) is 0 Å². The minimum absolute atomic E-state index is 0. The molecule has 2 aliphatic carbocycles. The maximum atomic E-state index is 12.7. The fraction of sp³-hybridized carbons (Fsp3) is 0.0556. The Morgan fingerprint density at radius 3 is 1.17 bits per heavy atom. The van der Waals surface area contributed by atoms with Crippen LogP contribution in [0.4, 0.5) is 0 Å². The fourth-order valence-corrected chi connectivity index (χ4v) is 7.67. The molecule has 6 aromatic rings. The zero-order valence-electron chi connectivity index (χ0n) is 27.3. The van der Waals surface area contributed by atoms with Gasteiger partial charge in [0.2, 0.25) is 0 Å². The summed E-state index contributed by atoms with van der Waals surface area (Å²) in [5, 5.41) is 1.70. The molecule has 0 fully saturated rings. The van der Waals surface area contributed by atoms with E-state index in [1.807, 2.05) is 24.3 Å². The second-order valence-corrected chi connectivity index (χ2v) is 14.1. The number of hydrogen-bond acceptors (Lipinski definition) is 12. The molecule has 248 valence electrons. The maximum absolute atomic E-state index is 12.7. The van der Waals surface area contributed by atoms with Crippen molar-refractivity contribution in [1.82, 2.24) is 9.97 Å². The van der Waals surface area contributed by atoms with E-state index < -0.39 is 65.0 Å². The third-order valence-corrected chi connectivity index (χ3v) is 10.3. The van der Waals surface area contributed by atoms with E-state index in [1.54, 1.807) is 48.5 Å². The van der Waals surface area contributed by atoms with Crippen LogP contribution in [0.5, 0.6) is 0 Å². The molecule has 0 saturated heterocycles. The van der Waals surface area contributed by atoms with Gasteiger partial charge in [0.05, 0.1) is 32.2 Å². The number of Topliss-reactive ketones (excluding diaryl/α,β-unsaturated/α-hetero) is 4. The number of carbonyl (C=O) groups is 4. The quantitative estimate of drug-likeness (QED) is 0.116. The summed E-state index contributed by atoms with van der Waals surface area (Å²) < 4.78 is 68.6. The molecule has 2 aliphatic rings. The standard InChI is InChI=1S/2C18H11NO5S.2Na/c2*20-17-11-5-3-7-14(25(22,23)24)15(11)18(21)16(17)13-9-8-10-4-1-2-6-12(10)19-13;;/h2*1-9,16H,(H,22,23,24);;/q;;2*+1/p-2. The van der Waals surface area contributed by atoms with E-state index in [9.17, 15) is 45.1 Å². The Morgan fingerprint density at radius 1 is 0.442 bits per heavy atom. The molecule has 0 spiro atoms. The number of aromatic nitrogens is 2. The molecular formula is C36H20N2Na2O10S2. The van der Waals surface area contributed by atoms with Crippen molar-refractivity contribution >= 4 is 65.2 Å². The van der Waals surface area contributed by atoms with Crippen LogP contribution >= 0.6 is 0 Å². The first-order valence-electron chi connectivity index (χ1n) is 14.8. The summed E-state index contributed by atoms with van der Waals surface area (Å²) in [6, 6.07) is 28.4. The van der Waals surface area contributed by atoms with Gasteiger partial charge in [0.15, 0.2) is 23.1 Å². The Hall–Kier alpha value is -3.80. The molecule has 8 rings (SSSR count). The van der Waals surface area contributed by atoms with E-state index >= 15 is 0 Å². The molecular weight excluding hydrogens is 731 g/mol. The molecule has 16 heteroatoms. The Morgan fingerprint density at radius 2 is 0.808 bits per heavy atom. The molecule has 0 aliphatic heterocycles. The van der Waals surface area contributed by atoms with Crippen molar-refractivity contribution in [2.75, 3.05) is 0 Å². The second-order valence-electron chi connectivity index (χ2n) is 11.4. The number of pyridine rings is 2. The second kappa shape index (κ2) is 14.9. The first-order chi connectivity index (χ1) is 23.8. The van der Waals surface area contributed by atoms with E-state index in [4.69, 9.17) is 0 Å². The van der Waals surface area contributed by atoms with Crippen LogP contribution in [0.2, 0.25) is 0 Å². The van der Waals surface area contributed by atoms with E-state index in [2.05, 4.69) is 9.97 Å². The number of ketones is 4. The topological polar surface area (TPSA) is 208 Å². The normalized spacial score (nSPS) is 16.4. The number of benzene rings is 4. The molecule has 2 atom stereocenters. The van der Waals surface area contributed by atoms with Crippen molar-refractivity contribution in [3.05, 3.63) is 143 Å². The third kappa shape index (κ3) is 6.99. The van der Waals surface area contributed by atoms with E-state index in [1.165, 1.54) is 24.3 Å². The van der Waals surface area contributed by atoms with Gasteiger partial charge in [-0.05, 0) is 36.4 Å². The molecule has 0 amide bonds. The predicted molar refractivity (Wildman–Crippen MR) is 175 cm³/mol. The number of rotatable bonds is 4. The van der Waals surface area contributed by atoms with Crippen molar-refractivity contribution < 1.29 is 104 Å². The molecule has 2 unspecified atom stereocenters. The summed E-state index contributed by atoms with van der Waals surface area (Å²) >= 11 is 0. The Labute approximate surface area is 340 Å². The molecule has 0 N–H and O–H groups in total. The van der Waals surface area contributed by atoms with Crippen LogP contribution in [0.3, 0.4) is 0 Å². The van der Waals surface area contributed by atoms with Crippen LogP contribution < -0.4 is 59.1 Å². The van der Waals surface area contributed by atoms with Crippen molar-refractivity contribution in [2.45, 2.75) is 21.6 Å². The van der Waals surface area contributed by atoms with Crippen LogP contribution in [0.1, 0.15) is 64.7 Å². The Bertz CT molecular complexity index is 2530. The number of para-hydroxylation sites is 2. The average molecular weight is 751 g/mol. The summed E-state index contributed by atoms with van der Waals surface area (Å²) in [7, 11) is -9.74. The van der Waals surface area contributed by atoms with Crippen molar-refractivity contribution in [3.63, 3.8) is 0 Å². The molecule has 0 bridgehead atoms. The van der Waals surface area contributed by atoms with Crippen LogP contribution in [0.15, 0.2) is 119 Å². The van der Waals surface area contributed by atoms with Gasteiger partial charge < -0.3 is 9.11 Å². The minimum atomic E-state index is -4.87. The molecule has 4 aromatic carbocycles. The number of nitrogens with zero attached hydrogens (tertiary/aromatic N) is 2. The summed E-state index contributed by atoms with van der Waals surface area (Å²) in [4.78, 5) is 58.2. The molecule has 2 aromatic heterocycles. The number of hydrogen-bond donors (Lipinski definition) is 0. The van der Waals surface area contributed by atoms with Crippen LogP contribution in [-0.4, -0.2) is 59.0 Å². The van der Waals surface area contributed by atoms with E-state index in [-0.39, 0.29) is 92.8 Å². The first kappa shape index (κ1) is 39.4. The number of fused-ring (bicyclic) bond motifs is 4. The van der Waals surface area contributed by atoms with Gasteiger partial charge in [0.1, 0.15) is 32.1 Å². The first-order valence-corrected chi connectivity index (χ1v) is 17.6. The van der Waals surface area contributed by atoms with Crippen molar-refractivity contribution in [1.29, 1.82) is 0 Å². The van der Waals surface area contributed by atoms with E-state index in [0.717, 1.165) is 22.9 Å². The minimum Gasteiger partial charge on any atom is -0.744 e. The van der Waals surface area contributed by atoms with E-state index in [0.29, 0.717) is 11.0 Å². The van der Waals surface area contributed by atoms with Gasteiger partial charge in [-0.1, -0.05) is 72.8 Å². The van der Waals surface area contributed by atoms with Crippen molar-refractivity contribution in [3.8, 4) is 0 Å². The summed E-state index contributed by atoms with van der Waals surface area (Å²) in [5.74, 6) is -4.98. The van der Waals surface area contributed by atoms with Gasteiger partial charge in [-0.15, -0.1) is 0 Å². The van der Waals surface area contributed by atoms with Crippen LogP contribution in [0, 0.1) is 0 Å². The SMILES string of the molecule is O=C1c2cccc(S(=O)(=O)[O-])c2C(=O)C1c1ccc2ccccc2n1.O=C1c2cccc(S(=O)(=O)[O-])c2C(=O)C1c1ccc2ccccc2n1.[Na+].[Na+]. The Kier molecular flexibility index (Phi) is 11.3. The Balaban J connectivity index is 0.000000194. The number of carbonyl (C=O) groups excluding carboxylic acids is 4. The summed E-state index contributed by atoms with van der Waals surface area (Å²) in [6.07, 6.45) is 0. The molecule has 12 nitrogen and oxygen atoms in total. The van der Waals surface area contributed by atoms with Crippen LogP contribution in [-0.2, 0) is 20.2 Å². The van der Waals surface area contributed by atoms with Gasteiger partial charge in [0.25, 0.3) is 0 Å². The molecule has 0 saturated carbocycles. The maximum Gasteiger partial charge on any atom is 1.00 e. The molecule has 52 heavy (non-hydrogen) atoms. The van der Waals surface area contributed by atoms with Gasteiger partial charge in [-0.2, -0.15) is 0 Å². The van der Waals surface area contributed by atoms with Gasteiger partial charge in [0, 0.05) is 33.0 Å². The summed E-state index contributed by atoms with van der Waals surface area (Å²) in [6.45, 7) is 0. The zero-order valence-corrected chi connectivity index (χ0v) is 33.0. The predicted octanol–water partition coefficient (Wildman–Crippen LogP) is -1.39. The van der Waals surface area contributed by atoms with Gasteiger partial charge >= 0.3 is 59.1 Å². The smallest absolute Gasteiger partial charge is 0.744 e. The monoisotopic (exact) mass is 750 g/mol. The van der Waals surface area contributed by atoms with Gasteiger partial charge in [-0.25, -0.2) is 16.8 Å². The average Bonchev–Trinajstić information content (AvgIpc) is 3.51. The summed E-state index contributed by atoms with van der Waals surface area (Å²) in [5.41, 5.74) is 0.938. The largest absolute Gasteiger partial charge is 1.00 e. The molecule has 0 radical (unpaired) electrons. The van der Waals surface area contributed by atoms with Crippen LogP contribution in [0.25, 0.3) is 21.8 Å². The third-order valence-electron chi connectivity index (χ3n) is 8.50. The molecule has 2 heterocycles. The zero-order chi connectivity index (χ0) is 35.5. The van der Waals surface area contributed by atoms with Gasteiger partial charge in [-0.3, -0.25) is 29.1 Å². The fourth-order valence-electron chi connectivity index (χ4n) is 6.26.